The van der Waals surface area contributed by atoms with Crippen LogP contribution in [0.4, 0.5) is 5.69 Å². The average molecular weight is 199 g/mol. The summed E-state index contributed by atoms with van der Waals surface area (Å²) in [7, 11) is 0. The van der Waals surface area contributed by atoms with Crippen LogP contribution in [0.1, 0.15) is 33.1 Å². The Kier molecular flexibility index (Phi) is 5.25. The van der Waals surface area contributed by atoms with Crippen molar-refractivity contribution in [3.8, 4) is 11.8 Å². The van der Waals surface area contributed by atoms with E-state index in [-0.39, 0.29) is 0 Å². The van der Waals surface area contributed by atoms with Crippen molar-refractivity contribution < 1.29 is 0 Å². The molecule has 78 valence electrons. The minimum atomic E-state index is 0.886. The van der Waals surface area contributed by atoms with Crippen molar-refractivity contribution >= 4 is 11.4 Å². The van der Waals surface area contributed by atoms with Crippen molar-refractivity contribution in [1.29, 1.82) is 0 Å². The highest BCUT2D eigenvalue weighted by molar-refractivity contribution is 5.99. The van der Waals surface area contributed by atoms with Gasteiger partial charge in [0, 0.05) is 6.42 Å². The van der Waals surface area contributed by atoms with Crippen LogP contribution >= 0.6 is 0 Å². The number of unbranched alkanes of at least 4 members (excludes halogenated alkanes) is 2. The van der Waals surface area contributed by atoms with E-state index in [1.54, 1.807) is 0 Å². The van der Waals surface area contributed by atoms with Crippen LogP contribution in [0.3, 0.4) is 0 Å². The van der Waals surface area contributed by atoms with Crippen LogP contribution in [-0.4, -0.2) is 5.71 Å². The Morgan fingerprint density at radius 2 is 2.00 bits per heavy atom. The molecule has 1 nitrogen and oxygen atoms in total. The van der Waals surface area contributed by atoms with Crippen molar-refractivity contribution in [2.75, 3.05) is 0 Å². The highest BCUT2D eigenvalue weighted by atomic mass is 14.7. The van der Waals surface area contributed by atoms with Gasteiger partial charge in [0.05, 0.1) is 11.4 Å². The van der Waals surface area contributed by atoms with Crippen molar-refractivity contribution in [3.05, 3.63) is 30.3 Å². The summed E-state index contributed by atoms with van der Waals surface area (Å²) in [4.78, 5) is 4.40. The van der Waals surface area contributed by atoms with Crippen molar-refractivity contribution in [1.82, 2.24) is 0 Å². The van der Waals surface area contributed by atoms with Gasteiger partial charge >= 0.3 is 0 Å². The van der Waals surface area contributed by atoms with E-state index in [9.17, 15) is 0 Å². The number of hydrogen-bond donors (Lipinski definition) is 0. The van der Waals surface area contributed by atoms with Crippen LogP contribution in [-0.2, 0) is 0 Å². The normalized spacial score (nSPS) is 10.7. The monoisotopic (exact) mass is 199 g/mol. The maximum atomic E-state index is 4.40. The molecule has 1 aromatic carbocycles. The number of nitrogens with zero attached hydrogens (tertiary/aromatic N) is 1. The zero-order valence-corrected chi connectivity index (χ0v) is 9.46. The third kappa shape index (κ3) is 5.02. The molecule has 0 aliphatic heterocycles. The summed E-state index contributed by atoms with van der Waals surface area (Å²) in [5, 5.41) is 0. The molecule has 0 aliphatic carbocycles. The summed E-state index contributed by atoms with van der Waals surface area (Å²) in [5.74, 6) is 6.19. The number of aliphatic imine (C=N–C) groups is 1. The van der Waals surface area contributed by atoms with E-state index in [2.05, 4.69) is 23.8 Å². The number of para-hydroxylation sites is 1. The van der Waals surface area contributed by atoms with Crippen LogP contribution in [0, 0.1) is 11.8 Å². The Balaban J connectivity index is 2.55. The molecule has 0 unspecified atom stereocenters. The molecular weight excluding hydrogens is 182 g/mol. The molecule has 1 rings (SSSR count). The summed E-state index contributed by atoms with van der Waals surface area (Å²) < 4.78 is 0. The van der Waals surface area contributed by atoms with Gasteiger partial charge in [-0.25, -0.2) is 4.99 Å². The van der Waals surface area contributed by atoms with E-state index in [1.165, 1.54) is 12.8 Å². The Labute approximate surface area is 92.2 Å². The molecule has 0 bridgehead atoms. The largest absolute Gasteiger partial charge is 0.245 e. The van der Waals surface area contributed by atoms with Gasteiger partial charge in [-0.1, -0.05) is 43.4 Å². The fourth-order valence-corrected chi connectivity index (χ4v) is 1.18. The Bertz CT molecular complexity index is 365. The molecule has 0 N–H and O–H groups in total. The fourth-order valence-electron chi connectivity index (χ4n) is 1.18. The first-order valence-corrected chi connectivity index (χ1v) is 5.42. The topological polar surface area (TPSA) is 12.4 Å². The standard InChI is InChI=1S/C14H17N/c1-3-4-5-7-10-13(2)15-14-11-8-6-9-12-14/h6,8-9,11-12H,3-5H2,1-2H3. The molecule has 0 heterocycles. The first-order valence-electron chi connectivity index (χ1n) is 5.42. The Morgan fingerprint density at radius 1 is 1.27 bits per heavy atom. The van der Waals surface area contributed by atoms with Crippen LogP contribution in [0.2, 0.25) is 0 Å². The maximum Gasteiger partial charge on any atom is 0.0875 e. The fraction of sp³-hybridized carbons (Fsp3) is 0.357. The Hall–Kier alpha value is -1.55. The van der Waals surface area contributed by atoms with Crippen molar-refractivity contribution in [3.63, 3.8) is 0 Å². The summed E-state index contributed by atoms with van der Waals surface area (Å²) in [5.41, 5.74) is 1.86. The molecule has 0 spiro atoms. The number of rotatable bonds is 3. The summed E-state index contributed by atoms with van der Waals surface area (Å²) in [6.07, 6.45) is 3.34. The van der Waals surface area contributed by atoms with Gasteiger partial charge in [0.2, 0.25) is 0 Å². The number of hydrogen-bond acceptors (Lipinski definition) is 1. The minimum Gasteiger partial charge on any atom is -0.245 e. The lowest BCUT2D eigenvalue weighted by Gasteiger charge is -1.92. The second-order valence-electron chi connectivity index (χ2n) is 3.44. The molecule has 0 aromatic heterocycles. The SMILES string of the molecule is CCCCC#CC(C)=Nc1ccccc1. The zero-order chi connectivity index (χ0) is 10.9. The first kappa shape index (κ1) is 11.5. The van der Waals surface area contributed by atoms with Gasteiger partial charge in [0.25, 0.3) is 0 Å². The van der Waals surface area contributed by atoms with E-state index in [1.807, 2.05) is 37.3 Å². The lowest BCUT2D eigenvalue weighted by Crippen LogP contribution is -1.83. The molecule has 1 aromatic rings. The van der Waals surface area contributed by atoms with Gasteiger partial charge in [0.1, 0.15) is 0 Å². The van der Waals surface area contributed by atoms with Gasteiger partial charge in [-0.05, 0) is 25.5 Å². The quantitative estimate of drug-likeness (QED) is 0.397. The molecule has 0 aliphatic rings. The van der Waals surface area contributed by atoms with E-state index >= 15 is 0 Å². The molecular formula is C14H17N. The van der Waals surface area contributed by atoms with Crippen LogP contribution in [0.25, 0.3) is 0 Å². The lowest BCUT2D eigenvalue weighted by molar-refractivity contribution is 0.828. The molecule has 0 saturated heterocycles. The van der Waals surface area contributed by atoms with Crippen LogP contribution < -0.4 is 0 Å². The average Bonchev–Trinajstić information content (AvgIpc) is 2.26. The zero-order valence-electron chi connectivity index (χ0n) is 9.46. The summed E-state index contributed by atoms with van der Waals surface area (Å²) in [6.45, 7) is 4.12. The Morgan fingerprint density at radius 3 is 2.67 bits per heavy atom. The van der Waals surface area contributed by atoms with Crippen LogP contribution in [0.5, 0.6) is 0 Å². The molecule has 0 amide bonds. The third-order valence-corrected chi connectivity index (χ3v) is 1.98. The minimum absolute atomic E-state index is 0.886. The van der Waals surface area contributed by atoms with Gasteiger partial charge in [-0.3, -0.25) is 0 Å². The third-order valence-electron chi connectivity index (χ3n) is 1.98. The van der Waals surface area contributed by atoms with Crippen molar-refractivity contribution in [2.24, 2.45) is 4.99 Å². The van der Waals surface area contributed by atoms with Gasteiger partial charge < -0.3 is 0 Å². The highest BCUT2D eigenvalue weighted by Crippen LogP contribution is 2.09. The molecule has 0 saturated carbocycles. The molecule has 0 radical (unpaired) electrons. The van der Waals surface area contributed by atoms with Crippen molar-refractivity contribution in [2.45, 2.75) is 33.1 Å². The van der Waals surface area contributed by atoms with Crippen LogP contribution in [0.15, 0.2) is 35.3 Å². The van der Waals surface area contributed by atoms with Gasteiger partial charge in [-0.15, -0.1) is 0 Å². The van der Waals surface area contributed by atoms with Gasteiger partial charge in [0.15, 0.2) is 0 Å². The smallest absolute Gasteiger partial charge is 0.0875 e. The van der Waals surface area contributed by atoms with E-state index in [4.69, 9.17) is 0 Å². The molecule has 15 heavy (non-hydrogen) atoms. The number of benzene rings is 1. The maximum absolute atomic E-state index is 4.40. The van der Waals surface area contributed by atoms with Gasteiger partial charge in [-0.2, -0.15) is 0 Å². The predicted molar refractivity (Wildman–Crippen MR) is 66.5 cm³/mol. The summed E-state index contributed by atoms with van der Waals surface area (Å²) in [6, 6.07) is 9.92. The van der Waals surface area contributed by atoms with E-state index in [0.29, 0.717) is 0 Å². The predicted octanol–water partition coefficient (Wildman–Crippen LogP) is 3.97. The summed E-state index contributed by atoms with van der Waals surface area (Å²) >= 11 is 0. The lowest BCUT2D eigenvalue weighted by atomic mass is 10.2. The molecule has 0 atom stereocenters. The second-order valence-corrected chi connectivity index (χ2v) is 3.44. The highest BCUT2D eigenvalue weighted by Gasteiger charge is 1.86. The molecule has 1 heteroatoms. The van der Waals surface area contributed by atoms with E-state index < -0.39 is 0 Å². The van der Waals surface area contributed by atoms with E-state index in [0.717, 1.165) is 17.8 Å². The molecule has 0 fully saturated rings. The second kappa shape index (κ2) is 6.84. The first-order chi connectivity index (χ1) is 7.33.